The van der Waals surface area contributed by atoms with E-state index in [0.29, 0.717) is 24.7 Å². The first-order valence-corrected chi connectivity index (χ1v) is 7.23. The zero-order valence-electron chi connectivity index (χ0n) is 12.7. The fraction of sp³-hybridized carbons (Fsp3) is 0.867. The van der Waals surface area contributed by atoms with Crippen LogP contribution in [0.25, 0.3) is 0 Å². The Morgan fingerprint density at radius 1 is 1.21 bits per heavy atom. The van der Waals surface area contributed by atoms with Gasteiger partial charge in [0.05, 0.1) is 11.8 Å². The van der Waals surface area contributed by atoms with Crippen molar-refractivity contribution in [1.82, 2.24) is 4.90 Å². The van der Waals surface area contributed by atoms with Crippen LogP contribution in [0.15, 0.2) is 0 Å². The third-order valence-electron chi connectivity index (χ3n) is 4.25. The second kappa shape index (κ2) is 6.40. The summed E-state index contributed by atoms with van der Waals surface area (Å²) in [6.07, 6.45) is 2.27. The predicted molar refractivity (Wildman–Crippen MR) is 74.7 cm³/mol. The summed E-state index contributed by atoms with van der Waals surface area (Å²) in [6, 6.07) is 0.165. The van der Waals surface area contributed by atoms with Crippen molar-refractivity contribution in [3.05, 3.63) is 0 Å². The summed E-state index contributed by atoms with van der Waals surface area (Å²) in [5.41, 5.74) is 0. The quantitative estimate of drug-likeness (QED) is 0.834. The Bertz CT molecular complexity index is 340. The molecule has 0 aromatic heterocycles. The van der Waals surface area contributed by atoms with Crippen molar-refractivity contribution in [1.29, 1.82) is 0 Å². The van der Waals surface area contributed by atoms with Crippen molar-refractivity contribution in [2.45, 2.75) is 53.0 Å². The molecule has 0 saturated heterocycles. The van der Waals surface area contributed by atoms with E-state index in [0.717, 1.165) is 6.42 Å². The second-order valence-electron chi connectivity index (χ2n) is 6.56. The summed E-state index contributed by atoms with van der Waals surface area (Å²) in [4.78, 5) is 25.5. The van der Waals surface area contributed by atoms with Crippen LogP contribution in [0.5, 0.6) is 0 Å². The van der Waals surface area contributed by atoms with Gasteiger partial charge in [-0.15, -0.1) is 0 Å². The zero-order chi connectivity index (χ0) is 14.7. The maximum absolute atomic E-state index is 12.5. The predicted octanol–water partition coefficient (Wildman–Crippen LogP) is 2.63. The molecule has 4 heteroatoms. The molecule has 4 nitrogen and oxygen atoms in total. The molecule has 1 N–H and O–H groups in total. The lowest BCUT2D eigenvalue weighted by Crippen LogP contribution is -2.42. The maximum Gasteiger partial charge on any atom is 0.307 e. The minimum absolute atomic E-state index is 0.00454. The Kier molecular flexibility index (Phi) is 5.39. The summed E-state index contributed by atoms with van der Waals surface area (Å²) in [5.74, 6) is -0.812. The number of carboxylic acid groups (broad SMARTS) is 1. The topological polar surface area (TPSA) is 57.6 Å². The van der Waals surface area contributed by atoms with Crippen molar-refractivity contribution in [2.24, 2.45) is 23.7 Å². The number of carboxylic acids is 1. The van der Waals surface area contributed by atoms with Crippen molar-refractivity contribution in [2.75, 3.05) is 7.05 Å². The molecule has 1 aliphatic carbocycles. The number of aliphatic carboxylic acids is 1. The first-order valence-electron chi connectivity index (χ1n) is 7.23. The van der Waals surface area contributed by atoms with Gasteiger partial charge in [0, 0.05) is 13.1 Å². The van der Waals surface area contributed by atoms with Crippen molar-refractivity contribution in [3.63, 3.8) is 0 Å². The summed E-state index contributed by atoms with van der Waals surface area (Å²) < 4.78 is 0. The van der Waals surface area contributed by atoms with Crippen LogP contribution in [0, 0.1) is 23.7 Å². The first-order chi connectivity index (χ1) is 8.73. The average Bonchev–Trinajstić information content (AvgIpc) is 2.68. The smallest absolute Gasteiger partial charge is 0.307 e. The largest absolute Gasteiger partial charge is 0.481 e. The van der Waals surface area contributed by atoms with Gasteiger partial charge in [-0.05, 0) is 38.0 Å². The summed E-state index contributed by atoms with van der Waals surface area (Å²) >= 11 is 0. The molecule has 19 heavy (non-hydrogen) atoms. The maximum atomic E-state index is 12.5. The number of hydrogen-bond donors (Lipinski definition) is 1. The molecule has 0 radical (unpaired) electrons. The molecular formula is C15H27NO3. The molecule has 0 bridgehead atoms. The molecule has 0 aromatic carbocycles. The van der Waals surface area contributed by atoms with Crippen LogP contribution in [0.4, 0.5) is 0 Å². The van der Waals surface area contributed by atoms with E-state index in [-0.39, 0.29) is 17.9 Å². The lowest BCUT2D eigenvalue weighted by molar-refractivity contribution is -0.149. The molecular weight excluding hydrogens is 242 g/mol. The number of rotatable bonds is 5. The third kappa shape index (κ3) is 3.95. The van der Waals surface area contributed by atoms with Gasteiger partial charge in [0.2, 0.25) is 5.91 Å². The molecule has 0 aromatic rings. The van der Waals surface area contributed by atoms with E-state index in [2.05, 4.69) is 13.8 Å². The Labute approximate surface area is 116 Å². The van der Waals surface area contributed by atoms with Gasteiger partial charge in [-0.1, -0.05) is 20.8 Å². The molecule has 0 aliphatic heterocycles. The first kappa shape index (κ1) is 16.0. The lowest BCUT2D eigenvalue weighted by atomic mass is 9.93. The van der Waals surface area contributed by atoms with Crippen molar-refractivity contribution >= 4 is 11.9 Å². The third-order valence-corrected chi connectivity index (χ3v) is 4.25. The Morgan fingerprint density at radius 2 is 1.74 bits per heavy atom. The van der Waals surface area contributed by atoms with Crippen LogP contribution in [-0.2, 0) is 9.59 Å². The van der Waals surface area contributed by atoms with Gasteiger partial charge in [0.15, 0.2) is 0 Å². The van der Waals surface area contributed by atoms with Crippen LogP contribution in [0.2, 0.25) is 0 Å². The lowest BCUT2D eigenvalue weighted by Gasteiger charge is -2.30. The molecule has 1 saturated carbocycles. The van der Waals surface area contributed by atoms with Gasteiger partial charge in [-0.2, -0.15) is 0 Å². The molecule has 1 rings (SSSR count). The minimum atomic E-state index is -0.826. The number of carbonyl (C=O) groups is 2. The summed E-state index contributed by atoms with van der Waals surface area (Å²) in [6.45, 7) is 8.33. The van der Waals surface area contributed by atoms with E-state index >= 15 is 0 Å². The van der Waals surface area contributed by atoms with Crippen LogP contribution in [0.3, 0.4) is 0 Å². The van der Waals surface area contributed by atoms with E-state index in [9.17, 15) is 14.7 Å². The van der Waals surface area contributed by atoms with Crippen LogP contribution in [-0.4, -0.2) is 35.0 Å². The van der Waals surface area contributed by atoms with Crippen LogP contribution < -0.4 is 0 Å². The van der Waals surface area contributed by atoms with Crippen LogP contribution in [0.1, 0.15) is 47.0 Å². The number of nitrogens with zero attached hydrogens (tertiary/aromatic N) is 1. The van der Waals surface area contributed by atoms with Crippen molar-refractivity contribution in [3.8, 4) is 0 Å². The molecule has 110 valence electrons. The summed E-state index contributed by atoms with van der Waals surface area (Å²) in [7, 11) is 1.80. The van der Waals surface area contributed by atoms with Gasteiger partial charge in [0.1, 0.15) is 0 Å². The second-order valence-corrected chi connectivity index (χ2v) is 6.56. The fourth-order valence-corrected chi connectivity index (χ4v) is 3.16. The van der Waals surface area contributed by atoms with E-state index in [1.807, 2.05) is 13.8 Å². The van der Waals surface area contributed by atoms with Gasteiger partial charge in [0.25, 0.3) is 0 Å². The highest BCUT2D eigenvalue weighted by Gasteiger charge is 2.42. The SMILES string of the molecule is CC(C)CC(C)N(C)C(=O)C1CC(C)CC1C(=O)O. The zero-order valence-corrected chi connectivity index (χ0v) is 12.7. The molecule has 0 heterocycles. The average molecular weight is 269 g/mol. The number of hydrogen-bond acceptors (Lipinski definition) is 2. The van der Waals surface area contributed by atoms with Gasteiger partial charge < -0.3 is 10.0 Å². The number of amides is 1. The van der Waals surface area contributed by atoms with E-state index in [1.165, 1.54) is 0 Å². The molecule has 1 amide bonds. The highest BCUT2D eigenvalue weighted by atomic mass is 16.4. The fourth-order valence-electron chi connectivity index (χ4n) is 3.16. The Balaban J connectivity index is 2.72. The van der Waals surface area contributed by atoms with E-state index in [1.54, 1.807) is 11.9 Å². The van der Waals surface area contributed by atoms with Gasteiger partial charge >= 0.3 is 5.97 Å². The highest BCUT2D eigenvalue weighted by molar-refractivity contribution is 5.85. The Hall–Kier alpha value is -1.06. The molecule has 0 spiro atoms. The molecule has 4 unspecified atom stereocenters. The monoisotopic (exact) mass is 269 g/mol. The highest BCUT2D eigenvalue weighted by Crippen LogP contribution is 2.37. The number of carbonyl (C=O) groups excluding carboxylic acids is 1. The van der Waals surface area contributed by atoms with Gasteiger partial charge in [-0.25, -0.2) is 0 Å². The molecule has 4 atom stereocenters. The van der Waals surface area contributed by atoms with Crippen molar-refractivity contribution < 1.29 is 14.7 Å². The van der Waals surface area contributed by atoms with E-state index < -0.39 is 11.9 Å². The van der Waals surface area contributed by atoms with Gasteiger partial charge in [-0.3, -0.25) is 9.59 Å². The normalized spacial score (nSPS) is 28.4. The molecule has 1 aliphatic rings. The Morgan fingerprint density at radius 3 is 2.21 bits per heavy atom. The minimum Gasteiger partial charge on any atom is -0.481 e. The molecule has 1 fully saturated rings. The van der Waals surface area contributed by atoms with E-state index in [4.69, 9.17) is 0 Å². The summed E-state index contributed by atoms with van der Waals surface area (Å²) in [5, 5.41) is 9.25. The van der Waals surface area contributed by atoms with Crippen LogP contribution >= 0.6 is 0 Å². The standard InChI is InChI=1S/C15H27NO3/c1-9(2)6-11(4)16(5)14(17)12-7-10(3)8-13(12)15(18)19/h9-13H,6-8H2,1-5H3,(H,18,19).